The number of hydrogen-bond acceptors (Lipinski definition) is 5. The number of morpholine rings is 1. The molecule has 0 bridgehead atoms. The Morgan fingerprint density at radius 2 is 1.61 bits per heavy atom. The second-order valence-electron chi connectivity index (χ2n) is 8.31. The summed E-state index contributed by atoms with van der Waals surface area (Å²) in [6.45, 7) is 3.38. The fourth-order valence-corrected chi connectivity index (χ4v) is 5.62. The molecule has 2 aromatic rings. The molecule has 33 heavy (non-hydrogen) atoms. The first-order chi connectivity index (χ1) is 15.9. The number of benzene rings is 2. The van der Waals surface area contributed by atoms with Gasteiger partial charge in [0.05, 0.1) is 24.5 Å². The third-order valence-corrected chi connectivity index (χ3v) is 7.87. The number of amides is 2. The highest BCUT2D eigenvalue weighted by Gasteiger charge is 2.26. The highest BCUT2D eigenvalue weighted by Crippen LogP contribution is 2.22. The fraction of sp³-hybridized carbons (Fsp3) is 0.417. The number of anilines is 1. The number of sulfonamides is 1. The maximum Gasteiger partial charge on any atom is 0.255 e. The van der Waals surface area contributed by atoms with Gasteiger partial charge in [0.25, 0.3) is 5.91 Å². The van der Waals surface area contributed by atoms with Crippen molar-refractivity contribution in [3.8, 4) is 0 Å². The standard InChI is InChI=1S/C24H29N3O5S/c28-23(26-13-15-32-16-14-26)17-19-7-9-21(10-8-19)25-24(29)20-5-4-6-22(18-20)33(30,31)27-11-2-1-3-12-27/h4-10,18H,1-3,11-17H2,(H,25,29). The lowest BCUT2D eigenvalue weighted by Crippen LogP contribution is -2.41. The van der Waals surface area contributed by atoms with Gasteiger partial charge in [0.2, 0.25) is 15.9 Å². The van der Waals surface area contributed by atoms with E-state index < -0.39 is 10.0 Å². The summed E-state index contributed by atoms with van der Waals surface area (Å²) in [7, 11) is -3.61. The minimum absolute atomic E-state index is 0.0572. The van der Waals surface area contributed by atoms with Crippen LogP contribution in [0.5, 0.6) is 0 Å². The summed E-state index contributed by atoms with van der Waals surface area (Å²) in [5.41, 5.74) is 1.71. The lowest BCUT2D eigenvalue weighted by atomic mass is 10.1. The number of ether oxygens (including phenoxy) is 1. The van der Waals surface area contributed by atoms with Crippen molar-refractivity contribution >= 4 is 27.5 Å². The van der Waals surface area contributed by atoms with Gasteiger partial charge in [-0.2, -0.15) is 4.31 Å². The van der Waals surface area contributed by atoms with Gasteiger partial charge in [0.15, 0.2) is 0 Å². The topological polar surface area (TPSA) is 96.0 Å². The van der Waals surface area contributed by atoms with Crippen molar-refractivity contribution in [2.45, 2.75) is 30.6 Å². The Balaban J connectivity index is 1.39. The van der Waals surface area contributed by atoms with Crippen molar-refractivity contribution in [3.05, 3.63) is 59.7 Å². The van der Waals surface area contributed by atoms with Gasteiger partial charge in [0.1, 0.15) is 0 Å². The molecule has 0 aliphatic carbocycles. The second kappa shape index (κ2) is 10.5. The molecule has 2 heterocycles. The molecule has 0 spiro atoms. The monoisotopic (exact) mass is 471 g/mol. The van der Waals surface area contributed by atoms with Crippen LogP contribution in [-0.4, -0.2) is 68.8 Å². The molecule has 2 fully saturated rings. The summed E-state index contributed by atoms with van der Waals surface area (Å²) >= 11 is 0. The number of rotatable bonds is 6. The van der Waals surface area contributed by atoms with Crippen molar-refractivity contribution < 1.29 is 22.7 Å². The van der Waals surface area contributed by atoms with E-state index in [1.54, 1.807) is 29.2 Å². The number of hydrogen-bond donors (Lipinski definition) is 1. The third kappa shape index (κ3) is 5.79. The minimum Gasteiger partial charge on any atom is -0.378 e. The van der Waals surface area contributed by atoms with Gasteiger partial charge in [-0.05, 0) is 48.7 Å². The average molecular weight is 472 g/mol. The van der Waals surface area contributed by atoms with Gasteiger partial charge >= 0.3 is 0 Å². The van der Waals surface area contributed by atoms with Crippen molar-refractivity contribution in [1.82, 2.24) is 9.21 Å². The van der Waals surface area contributed by atoms with Gasteiger partial charge in [-0.25, -0.2) is 8.42 Å². The highest BCUT2D eigenvalue weighted by atomic mass is 32.2. The molecule has 1 N–H and O–H groups in total. The zero-order valence-electron chi connectivity index (χ0n) is 18.5. The maximum atomic E-state index is 12.9. The largest absolute Gasteiger partial charge is 0.378 e. The summed E-state index contributed by atoms with van der Waals surface area (Å²) in [4.78, 5) is 27.1. The molecule has 4 rings (SSSR count). The van der Waals surface area contributed by atoms with E-state index >= 15 is 0 Å². The van der Waals surface area contributed by atoms with Crippen LogP contribution >= 0.6 is 0 Å². The molecule has 2 aliphatic rings. The SMILES string of the molecule is O=C(Nc1ccc(CC(=O)N2CCOCC2)cc1)c1cccc(S(=O)(=O)N2CCCCC2)c1. The number of carbonyl (C=O) groups is 2. The number of carbonyl (C=O) groups excluding carboxylic acids is 2. The summed E-state index contributed by atoms with van der Waals surface area (Å²) < 4.78 is 32.6. The first-order valence-electron chi connectivity index (χ1n) is 11.3. The van der Waals surface area contributed by atoms with Crippen molar-refractivity contribution in [3.63, 3.8) is 0 Å². The average Bonchev–Trinajstić information content (AvgIpc) is 2.86. The molecule has 2 aliphatic heterocycles. The van der Waals surface area contributed by atoms with E-state index in [0.29, 0.717) is 51.5 Å². The molecule has 0 atom stereocenters. The van der Waals surface area contributed by atoms with Gasteiger partial charge in [-0.1, -0.05) is 24.6 Å². The molecular weight excluding hydrogens is 442 g/mol. The van der Waals surface area contributed by atoms with Crippen LogP contribution in [0.4, 0.5) is 5.69 Å². The molecule has 0 unspecified atom stereocenters. The summed E-state index contributed by atoms with van der Waals surface area (Å²) in [5, 5.41) is 2.80. The van der Waals surface area contributed by atoms with Crippen LogP contribution in [0.15, 0.2) is 53.4 Å². The quantitative estimate of drug-likeness (QED) is 0.699. The van der Waals surface area contributed by atoms with E-state index in [-0.39, 0.29) is 22.3 Å². The van der Waals surface area contributed by atoms with E-state index in [1.807, 2.05) is 12.1 Å². The molecule has 0 aromatic heterocycles. The molecule has 2 amide bonds. The molecule has 8 nitrogen and oxygen atoms in total. The Kier molecular flexibility index (Phi) is 7.42. The summed E-state index contributed by atoms with van der Waals surface area (Å²) in [5.74, 6) is -0.329. The van der Waals surface area contributed by atoms with Crippen LogP contribution < -0.4 is 5.32 Å². The number of nitrogens with zero attached hydrogens (tertiary/aromatic N) is 2. The van der Waals surface area contributed by atoms with E-state index in [4.69, 9.17) is 4.74 Å². The lowest BCUT2D eigenvalue weighted by molar-refractivity contribution is -0.134. The first kappa shape index (κ1) is 23.4. The first-order valence-corrected chi connectivity index (χ1v) is 12.7. The Morgan fingerprint density at radius 1 is 0.909 bits per heavy atom. The molecule has 0 radical (unpaired) electrons. The maximum absolute atomic E-state index is 12.9. The van der Waals surface area contributed by atoms with E-state index in [0.717, 1.165) is 24.8 Å². The molecule has 2 saturated heterocycles. The molecular formula is C24H29N3O5S. The molecule has 9 heteroatoms. The van der Waals surface area contributed by atoms with E-state index in [2.05, 4.69) is 5.32 Å². The van der Waals surface area contributed by atoms with E-state index in [1.165, 1.54) is 16.4 Å². The van der Waals surface area contributed by atoms with Crippen LogP contribution in [0.25, 0.3) is 0 Å². The van der Waals surface area contributed by atoms with Crippen LogP contribution in [-0.2, 0) is 26.0 Å². The second-order valence-corrected chi connectivity index (χ2v) is 10.3. The van der Waals surface area contributed by atoms with Crippen LogP contribution in [0.3, 0.4) is 0 Å². The number of piperidine rings is 1. The van der Waals surface area contributed by atoms with Crippen molar-refractivity contribution in [1.29, 1.82) is 0 Å². The Hall–Kier alpha value is -2.75. The molecule has 0 saturated carbocycles. The van der Waals surface area contributed by atoms with Crippen LogP contribution in [0.2, 0.25) is 0 Å². The smallest absolute Gasteiger partial charge is 0.255 e. The highest BCUT2D eigenvalue weighted by molar-refractivity contribution is 7.89. The molecule has 2 aromatic carbocycles. The lowest BCUT2D eigenvalue weighted by Gasteiger charge is -2.26. The Bertz CT molecular complexity index is 1090. The van der Waals surface area contributed by atoms with E-state index in [9.17, 15) is 18.0 Å². The Morgan fingerprint density at radius 3 is 2.30 bits per heavy atom. The van der Waals surface area contributed by atoms with Gasteiger partial charge < -0.3 is 15.0 Å². The van der Waals surface area contributed by atoms with Crippen molar-refractivity contribution in [2.24, 2.45) is 0 Å². The third-order valence-electron chi connectivity index (χ3n) is 5.98. The summed E-state index contributed by atoms with van der Waals surface area (Å²) in [6, 6.07) is 13.3. The van der Waals surface area contributed by atoms with Crippen LogP contribution in [0, 0.1) is 0 Å². The van der Waals surface area contributed by atoms with Gasteiger partial charge in [-0.3, -0.25) is 9.59 Å². The van der Waals surface area contributed by atoms with Crippen molar-refractivity contribution in [2.75, 3.05) is 44.7 Å². The Labute approximate surface area is 194 Å². The predicted molar refractivity (Wildman–Crippen MR) is 125 cm³/mol. The summed E-state index contributed by atoms with van der Waals surface area (Å²) in [6.07, 6.45) is 3.04. The zero-order chi connectivity index (χ0) is 23.3. The van der Waals surface area contributed by atoms with Gasteiger partial charge in [0, 0.05) is 37.4 Å². The van der Waals surface area contributed by atoms with Crippen LogP contribution in [0.1, 0.15) is 35.2 Å². The number of nitrogens with one attached hydrogen (secondary N) is 1. The van der Waals surface area contributed by atoms with Gasteiger partial charge in [-0.15, -0.1) is 0 Å². The minimum atomic E-state index is -3.61. The zero-order valence-corrected chi connectivity index (χ0v) is 19.4. The fourth-order valence-electron chi connectivity index (χ4n) is 4.06. The predicted octanol–water partition coefficient (Wildman–Crippen LogP) is 2.51. The molecule has 176 valence electrons. The normalized spacial score (nSPS) is 17.5.